The van der Waals surface area contributed by atoms with Crippen LogP contribution >= 0.6 is 0 Å². The highest BCUT2D eigenvalue weighted by molar-refractivity contribution is 7.92. The number of hydrogen-bond acceptors (Lipinski definition) is 3. The third-order valence-corrected chi connectivity index (χ3v) is 9.64. The molecule has 0 saturated carbocycles. The summed E-state index contributed by atoms with van der Waals surface area (Å²) in [4.78, 5) is 5.51. The minimum absolute atomic E-state index is 0.312. The maximum Gasteiger partial charge on any atom is 0.210 e. The van der Waals surface area contributed by atoms with Gasteiger partial charge in [0.05, 0.1) is 37.5 Å². The van der Waals surface area contributed by atoms with E-state index in [2.05, 4.69) is 77.4 Å². The minimum atomic E-state index is -3.69. The molecule has 2 aromatic heterocycles. The predicted molar refractivity (Wildman–Crippen MR) is 156 cm³/mol. The van der Waals surface area contributed by atoms with Crippen LogP contribution in [0.5, 0.6) is 0 Å². The van der Waals surface area contributed by atoms with Crippen LogP contribution in [-0.2, 0) is 16.3 Å². The molecule has 0 radical (unpaired) electrons. The topological polar surface area (TPSA) is 56.9 Å². The third kappa shape index (κ3) is 3.00. The van der Waals surface area contributed by atoms with Crippen molar-refractivity contribution in [3.05, 3.63) is 115 Å². The molecular weight excluding hydrogens is 502 g/mol. The first kappa shape index (κ1) is 22.3. The van der Waals surface area contributed by atoms with Crippen LogP contribution in [0.2, 0.25) is 0 Å². The second-order valence-electron chi connectivity index (χ2n) is 9.95. The fourth-order valence-corrected chi connectivity index (χ4v) is 7.74. The monoisotopic (exact) mass is 525 g/mol. The largest absolute Gasteiger partial charge is 0.309 e. The SMILES string of the molecule is CCc1nc2cc(-c3ccc(-n4c5ccccc5c5ccccc54)cc3)cc3c2n1-c1ccccc1S3(=O)=O. The fraction of sp³-hybridized carbons (Fsp3) is 0.0606. The number of para-hydroxylation sites is 3. The lowest BCUT2D eigenvalue weighted by Crippen LogP contribution is -2.15. The van der Waals surface area contributed by atoms with E-state index in [1.165, 1.54) is 10.8 Å². The molecule has 1 aliphatic heterocycles. The van der Waals surface area contributed by atoms with Gasteiger partial charge in [0.2, 0.25) is 9.84 Å². The first-order chi connectivity index (χ1) is 19.1. The van der Waals surface area contributed by atoms with Gasteiger partial charge in [-0.3, -0.25) is 4.57 Å². The van der Waals surface area contributed by atoms with Gasteiger partial charge in [-0.2, -0.15) is 0 Å². The molecule has 8 rings (SSSR count). The lowest BCUT2D eigenvalue weighted by atomic mass is 10.0. The number of fused-ring (bicyclic) bond motifs is 5. The zero-order chi connectivity index (χ0) is 26.3. The van der Waals surface area contributed by atoms with Crippen molar-refractivity contribution < 1.29 is 8.42 Å². The number of nitrogens with zero attached hydrogens (tertiary/aromatic N) is 3. The fourth-order valence-electron chi connectivity index (χ4n) is 6.08. The van der Waals surface area contributed by atoms with Crippen LogP contribution < -0.4 is 0 Å². The molecule has 5 aromatic carbocycles. The van der Waals surface area contributed by atoms with Gasteiger partial charge >= 0.3 is 0 Å². The number of benzene rings is 5. The van der Waals surface area contributed by atoms with Gasteiger partial charge in [0, 0.05) is 22.9 Å². The van der Waals surface area contributed by atoms with Gasteiger partial charge in [-0.1, -0.05) is 67.6 Å². The second kappa shape index (κ2) is 7.91. The Morgan fingerprint density at radius 2 is 1.31 bits per heavy atom. The molecule has 7 aromatic rings. The normalized spacial score (nSPS) is 13.8. The maximum absolute atomic E-state index is 13.8. The average molecular weight is 526 g/mol. The van der Waals surface area contributed by atoms with E-state index in [0.29, 0.717) is 32.9 Å². The van der Waals surface area contributed by atoms with Crippen molar-refractivity contribution in [3.8, 4) is 22.5 Å². The molecule has 0 bridgehead atoms. The molecule has 6 heteroatoms. The summed E-state index contributed by atoms with van der Waals surface area (Å²) in [5, 5.41) is 2.43. The van der Waals surface area contributed by atoms with Crippen molar-refractivity contribution in [2.45, 2.75) is 23.1 Å². The third-order valence-electron chi connectivity index (χ3n) is 7.83. The Morgan fingerprint density at radius 3 is 2.00 bits per heavy atom. The van der Waals surface area contributed by atoms with Gasteiger partial charge in [-0.15, -0.1) is 0 Å². The second-order valence-corrected chi connectivity index (χ2v) is 11.8. The molecule has 188 valence electrons. The summed E-state index contributed by atoms with van der Waals surface area (Å²) in [6.45, 7) is 2.05. The van der Waals surface area contributed by atoms with Gasteiger partial charge in [0.25, 0.3) is 0 Å². The number of hydrogen-bond donors (Lipinski definition) is 0. The van der Waals surface area contributed by atoms with Crippen LogP contribution in [0.15, 0.2) is 119 Å². The standard InChI is InChI=1S/C33H23N3O2S/c1-2-32-34-26-19-22(20-31-33(26)36(32)29-13-7-8-14-30(29)39(31,37)38)21-15-17-23(18-16-21)35-27-11-5-3-9-24(27)25-10-4-6-12-28(25)35/h3-20H,2H2,1H3. The molecule has 0 spiro atoms. The van der Waals surface area contributed by atoms with Crippen LogP contribution in [0.1, 0.15) is 12.7 Å². The van der Waals surface area contributed by atoms with Crippen molar-refractivity contribution in [1.82, 2.24) is 14.1 Å². The summed E-state index contributed by atoms with van der Waals surface area (Å²) in [6, 6.07) is 36.2. The van der Waals surface area contributed by atoms with E-state index < -0.39 is 9.84 Å². The summed E-state index contributed by atoms with van der Waals surface area (Å²) in [6.07, 6.45) is 0.700. The van der Waals surface area contributed by atoms with Gasteiger partial charge in [0.15, 0.2) is 0 Å². The molecule has 0 N–H and O–H groups in total. The van der Waals surface area contributed by atoms with Crippen molar-refractivity contribution in [3.63, 3.8) is 0 Å². The Kier molecular flexibility index (Phi) is 4.53. The summed E-state index contributed by atoms with van der Waals surface area (Å²) in [5.74, 6) is 0.854. The zero-order valence-electron chi connectivity index (χ0n) is 21.2. The molecule has 5 nitrogen and oxygen atoms in total. The summed E-state index contributed by atoms with van der Waals surface area (Å²) in [7, 11) is -3.69. The quantitative estimate of drug-likeness (QED) is 0.240. The first-order valence-corrected chi connectivity index (χ1v) is 14.5. The van der Waals surface area contributed by atoms with E-state index in [1.54, 1.807) is 18.2 Å². The summed E-state index contributed by atoms with van der Waals surface area (Å²) >= 11 is 0. The Morgan fingerprint density at radius 1 is 0.667 bits per heavy atom. The minimum Gasteiger partial charge on any atom is -0.309 e. The Balaban J connectivity index is 1.32. The van der Waals surface area contributed by atoms with E-state index in [4.69, 9.17) is 4.98 Å². The van der Waals surface area contributed by atoms with Gasteiger partial charge in [0.1, 0.15) is 5.82 Å². The molecule has 0 unspecified atom stereocenters. The first-order valence-electron chi connectivity index (χ1n) is 13.0. The predicted octanol–water partition coefficient (Wildman–Crippen LogP) is 7.50. The van der Waals surface area contributed by atoms with Crippen LogP contribution in [0, 0.1) is 0 Å². The number of aromatic nitrogens is 3. The maximum atomic E-state index is 13.8. The van der Waals surface area contributed by atoms with Crippen LogP contribution in [-0.4, -0.2) is 22.5 Å². The lowest BCUT2D eigenvalue weighted by Gasteiger charge is -2.21. The molecule has 39 heavy (non-hydrogen) atoms. The van der Waals surface area contributed by atoms with E-state index >= 15 is 0 Å². The number of imidazole rings is 1. The van der Waals surface area contributed by atoms with E-state index in [-0.39, 0.29) is 0 Å². The number of aryl methyl sites for hydroxylation is 1. The summed E-state index contributed by atoms with van der Waals surface area (Å²) in [5.41, 5.74) is 7.17. The van der Waals surface area contributed by atoms with Crippen LogP contribution in [0.4, 0.5) is 0 Å². The molecule has 0 aliphatic carbocycles. The van der Waals surface area contributed by atoms with Crippen molar-refractivity contribution in [2.75, 3.05) is 0 Å². The summed E-state index contributed by atoms with van der Waals surface area (Å²) < 4.78 is 31.8. The molecule has 0 amide bonds. The smallest absolute Gasteiger partial charge is 0.210 e. The molecular formula is C33H23N3O2S. The van der Waals surface area contributed by atoms with E-state index in [0.717, 1.165) is 33.7 Å². The van der Waals surface area contributed by atoms with Gasteiger partial charge in [-0.05, 0) is 59.7 Å². The molecule has 1 aliphatic rings. The van der Waals surface area contributed by atoms with Crippen molar-refractivity contribution in [2.24, 2.45) is 0 Å². The Labute approximate surface area is 225 Å². The van der Waals surface area contributed by atoms with Crippen LogP contribution in [0.25, 0.3) is 55.3 Å². The van der Waals surface area contributed by atoms with Crippen molar-refractivity contribution >= 4 is 42.7 Å². The number of sulfone groups is 1. The molecule has 0 saturated heterocycles. The average Bonchev–Trinajstić information content (AvgIpc) is 3.52. The molecule has 0 fully saturated rings. The highest BCUT2D eigenvalue weighted by atomic mass is 32.2. The molecule has 0 atom stereocenters. The van der Waals surface area contributed by atoms with Gasteiger partial charge < -0.3 is 4.57 Å². The number of rotatable bonds is 3. The Hall–Kier alpha value is -4.68. The van der Waals surface area contributed by atoms with E-state index in [9.17, 15) is 8.42 Å². The zero-order valence-corrected chi connectivity index (χ0v) is 22.0. The lowest BCUT2D eigenvalue weighted by molar-refractivity contribution is 0.594. The Bertz CT molecular complexity index is 2170. The van der Waals surface area contributed by atoms with E-state index in [1.807, 2.05) is 29.7 Å². The highest BCUT2D eigenvalue weighted by Gasteiger charge is 2.33. The van der Waals surface area contributed by atoms with Crippen LogP contribution in [0.3, 0.4) is 0 Å². The van der Waals surface area contributed by atoms with Crippen molar-refractivity contribution in [1.29, 1.82) is 0 Å². The van der Waals surface area contributed by atoms with Gasteiger partial charge in [-0.25, -0.2) is 13.4 Å². The highest BCUT2D eigenvalue weighted by Crippen LogP contribution is 2.41. The molecule has 3 heterocycles.